The van der Waals surface area contributed by atoms with E-state index in [1.807, 2.05) is 30.3 Å². The molecular formula is C18H25NO2. The number of para-hydroxylation sites is 1. The van der Waals surface area contributed by atoms with Gasteiger partial charge in [0.2, 0.25) is 0 Å². The Kier molecular flexibility index (Phi) is 6.48. The summed E-state index contributed by atoms with van der Waals surface area (Å²) in [6.07, 6.45) is 7.52. The number of rotatable bonds is 9. The number of ether oxygens (including phenoxy) is 1. The molecule has 0 radical (unpaired) electrons. The molecule has 2 rings (SSSR count). The number of pyridine rings is 1. The molecule has 1 aromatic heterocycles. The number of aliphatic hydroxyl groups excluding tert-OH is 1. The van der Waals surface area contributed by atoms with Gasteiger partial charge in [-0.25, -0.2) is 0 Å². The Bertz CT molecular complexity index is 554. The van der Waals surface area contributed by atoms with E-state index in [0.717, 1.165) is 29.7 Å². The van der Waals surface area contributed by atoms with Crippen molar-refractivity contribution >= 4 is 10.9 Å². The number of hydrogen-bond acceptors (Lipinski definition) is 3. The maximum atomic E-state index is 9.30. The molecule has 3 heteroatoms. The highest BCUT2D eigenvalue weighted by molar-refractivity contribution is 5.85. The first-order valence-corrected chi connectivity index (χ1v) is 7.97. The van der Waals surface area contributed by atoms with Crippen LogP contribution in [0.5, 0.6) is 5.75 Å². The highest BCUT2D eigenvalue weighted by Gasteiger charge is 2.06. The fourth-order valence-corrected chi connectivity index (χ4v) is 2.46. The van der Waals surface area contributed by atoms with Crippen molar-refractivity contribution in [3.05, 3.63) is 36.0 Å². The van der Waals surface area contributed by atoms with Crippen LogP contribution in [0.1, 0.15) is 51.1 Å². The van der Waals surface area contributed by atoms with Gasteiger partial charge in [-0.05, 0) is 18.6 Å². The quantitative estimate of drug-likeness (QED) is 0.692. The Labute approximate surface area is 127 Å². The van der Waals surface area contributed by atoms with E-state index in [4.69, 9.17) is 4.74 Å². The molecule has 0 atom stereocenters. The van der Waals surface area contributed by atoms with Crippen molar-refractivity contribution < 1.29 is 9.84 Å². The first kappa shape index (κ1) is 15.8. The molecule has 0 saturated carbocycles. The van der Waals surface area contributed by atoms with Crippen LogP contribution < -0.4 is 4.74 Å². The molecule has 0 aliphatic rings. The lowest BCUT2D eigenvalue weighted by Crippen LogP contribution is -2.00. The maximum Gasteiger partial charge on any atom is 0.130 e. The molecule has 0 bridgehead atoms. The van der Waals surface area contributed by atoms with Crippen LogP contribution in [0, 0.1) is 0 Å². The highest BCUT2D eigenvalue weighted by Crippen LogP contribution is 2.25. The van der Waals surface area contributed by atoms with Crippen molar-refractivity contribution in [3.8, 4) is 5.75 Å². The second kappa shape index (κ2) is 8.63. The van der Waals surface area contributed by atoms with Crippen LogP contribution in [0.4, 0.5) is 0 Å². The van der Waals surface area contributed by atoms with E-state index in [1.165, 1.54) is 32.1 Å². The monoisotopic (exact) mass is 287 g/mol. The molecule has 3 nitrogen and oxygen atoms in total. The molecule has 0 amide bonds. The zero-order valence-corrected chi connectivity index (χ0v) is 12.8. The largest absolute Gasteiger partial charge is 0.493 e. The van der Waals surface area contributed by atoms with Crippen LogP contribution in [-0.2, 0) is 6.61 Å². The Morgan fingerprint density at radius 3 is 2.62 bits per heavy atom. The maximum absolute atomic E-state index is 9.30. The summed E-state index contributed by atoms with van der Waals surface area (Å²) in [6, 6.07) is 9.75. The van der Waals surface area contributed by atoms with Crippen LogP contribution in [0.2, 0.25) is 0 Å². The number of unbranched alkanes of at least 4 members (excludes halogenated alkanes) is 5. The molecule has 0 unspecified atom stereocenters. The van der Waals surface area contributed by atoms with Gasteiger partial charge in [0.25, 0.3) is 0 Å². The van der Waals surface area contributed by atoms with E-state index >= 15 is 0 Å². The molecule has 0 spiro atoms. The third-order valence-electron chi connectivity index (χ3n) is 3.65. The topological polar surface area (TPSA) is 42.4 Å². The van der Waals surface area contributed by atoms with Crippen molar-refractivity contribution in [1.82, 2.24) is 4.98 Å². The summed E-state index contributed by atoms with van der Waals surface area (Å²) in [5.74, 6) is 0.832. The predicted octanol–water partition coefficient (Wildman–Crippen LogP) is 4.47. The van der Waals surface area contributed by atoms with Gasteiger partial charge in [0, 0.05) is 11.5 Å². The summed E-state index contributed by atoms with van der Waals surface area (Å²) in [5.41, 5.74) is 1.54. The van der Waals surface area contributed by atoms with Crippen molar-refractivity contribution in [2.45, 2.75) is 52.1 Å². The second-order valence-corrected chi connectivity index (χ2v) is 5.40. The molecule has 1 N–H and O–H groups in total. The molecule has 2 aromatic rings. The molecule has 21 heavy (non-hydrogen) atoms. The lowest BCUT2D eigenvalue weighted by molar-refractivity contribution is 0.274. The average molecular weight is 287 g/mol. The number of fused-ring (bicyclic) bond motifs is 1. The minimum atomic E-state index is -0.0573. The summed E-state index contributed by atoms with van der Waals surface area (Å²) < 4.78 is 5.92. The third-order valence-corrected chi connectivity index (χ3v) is 3.65. The zero-order valence-electron chi connectivity index (χ0n) is 12.8. The number of hydrogen-bond donors (Lipinski definition) is 1. The molecule has 0 aliphatic heterocycles. The summed E-state index contributed by atoms with van der Waals surface area (Å²) in [6.45, 7) is 2.90. The van der Waals surface area contributed by atoms with Crippen molar-refractivity contribution in [2.75, 3.05) is 6.61 Å². The summed E-state index contributed by atoms with van der Waals surface area (Å²) in [5, 5.41) is 10.3. The number of aromatic nitrogens is 1. The van der Waals surface area contributed by atoms with Gasteiger partial charge in [0.05, 0.1) is 24.4 Å². The van der Waals surface area contributed by atoms with Crippen LogP contribution in [0.25, 0.3) is 10.9 Å². The van der Waals surface area contributed by atoms with E-state index < -0.39 is 0 Å². The summed E-state index contributed by atoms with van der Waals surface area (Å²) in [7, 11) is 0. The molecule has 0 aliphatic carbocycles. The Morgan fingerprint density at radius 2 is 1.81 bits per heavy atom. The Balaban J connectivity index is 1.91. The zero-order chi connectivity index (χ0) is 14.9. The van der Waals surface area contributed by atoms with Crippen LogP contribution in [0.15, 0.2) is 30.3 Å². The van der Waals surface area contributed by atoms with Gasteiger partial charge in [-0.3, -0.25) is 4.98 Å². The molecule has 1 aromatic carbocycles. The summed E-state index contributed by atoms with van der Waals surface area (Å²) >= 11 is 0. The molecule has 0 fully saturated rings. The van der Waals surface area contributed by atoms with Crippen molar-refractivity contribution in [2.24, 2.45) is 0 Å². The number of benzene rings is 1. The minimum absolute atomic E-state index is 0.0573. The van der Waals surface area contributed by atoms with E-state index in [2.05, 4.69) is 11.9 Å². The fraction of sp³-hybridized carbons (Fsp3) is 0.500. The Hall–Kier alpha value is -1.61. The average Bonchev–Trinajstić information content (AvgIpc) is 2.53. The van der Waals surface area contributed by atoms with Gasteiger partial charge < -0.3 is 9.84 Å². The predicted molar refractivity (Wildman–Crippen MR) is 86.5 cm³/mol. The van der Waals surface area contributed by atoms with Gasteiger partial charge in [-0.15, -0.1) is 0 Å². The summed E-state index contributed by atoms with van der Waals surface area (Å²) in [4.78, 5) is 4.40. The lowest BCUT2D eigenvalue weighted by atomic mass is 10.1. The smallest absolute Gasteiger partial charge is 0.130 e. The van der Waals surface area contributed by atoms with Gasteiger partial charge >= 0.3 is 0 Å². The molecule has 1 heterocycles. The minimum Gasteiger partial charge on any atom is -0.493 e. The highest BCUT2D eigenvalue weighted by atomic mass is 16.5. The fourth-order valence-electron chi connectivity index (χ4n) is 2.46. The van der Waals surface area contributed by atoms with Gasteiger partial charge in [-0.2, -0.15) is 0 Å². The van der Waals surface area contributed by atoms with Crippen LogP contribution in [-0.4, -0.2) is 16.7 Å². The standard InChI is InChI=1S/C18H25NO2/c1-2-3-4-5-6-9-12-21-18-13-15(14-20)19-17-11-8-7-10-16(17)18/h7-8,10-11,13,20H,2-6,9,12,14H2,1H3. The van der Waals surface area contributed by atoms with Gasteiger partial charge in [0.15, 0.2) is 0 Å². The third kappa shape index (κ3) is 4.71. The first-order chi connectivity index (χ1) is 10.3. The van der Waals surface area contributed by atoms with E-state index in [0.29, 0.717) is 5.69 Å². The van der Waals surface area contributed by atoms with Crippen LogP contribution in [0.3, 0.4) is 0 Å². The SMILES string of the molecule is CCCCCCCCOc1cc(CO)nc2ccccc12. The van der Waals surface area contributed by atoms with Crippen molar-refractivity contribution in [3.63, 3.8) is 0 Å². The normalized spacial score (nSPS) is 11.0. The first-order valence-electron chi connectivity index (χ1n) is 7.97. The van der Waals surface area contributed by atoms with E-state index in [9.17, 15) is 5.11 Å². The molecule has 114 valence electrons. The van der Waals surface area contributed by atoms with Crippen molar-refractivity contribution in [1.29, 1.82) is 0 Å². The number of aliphatic hydroxyl groups is 1. The second-order valence-electron chi connectivity index (χ2n) is 5.40. The Morgan fingerprint density at radius 1 is 1.05 bits per heavy atom. The van der Waals surface area contributed by atoms with E-state index in [1.54, 1.807) is 0 Å². The molecule has 0 saturated heterocycles. The van der Waals surface area contributed by atoms with Gasteiger partial charge in [0.1, 0.15) is 5.75 Å². The number of nitrogens with zero attached hydrogens (tertiary/aromatic N) is 1. The van der Waals surface area contributed by atoms with Gasteiger partial charge in [-0.1, -0.05) is 51.2 Å². The van der Waals surface area contributed by atoms with Crippen LogP contribution >= 0.6 is 0 Å². The molecular weight excluding hydrogens is 262 g/mol. The lowest BCUT2D eigenvalue weighted by Gasteiger charge is -2.10. The van der Waals surface area contributed by atoms with E-state index in [-0.39, 0.29) is 6.61 Å².